The fraction of sp³-hybridized carbons (Fsp3) is 0.455. The van der Waals surface area contributed by atoms with Gasteiger partial charge in [0.15, 0.2) is 0 Å². The van der Waals surface area contributed by atoms with Crippen LogP contribution in [0.15, 0.2) is 22.7 Å². The van der Waals surface area contributed by atoms with Gasteiger partial charge in [-0.3, -0.25) is 0 Å². The molecule has 0 radical (unpaired) electrons. The molecule has 0 saturated heterocycles. The lowest BCUT2D eigenvalue weighted by atomic mass is 10.2. The van der Waals surface area contributed by atoms with E-state index in [0.717, 1.165) is 15.7 Å². The molecule has 0 saturated carbocycles. The predicted molar refractivity (Wildman–Crippen MR) is 64.7 cm³/mol. The average molecular weight is 274 g/mol. The summed E-state index contributed by atoms with van der Waals surface area (Å²) in [5, 5.41) is 0. The van der Waals surface area contributed by atoms with Gasteiger partial charge in [0.05, 0.1) is 19.3 Å². The molecular formula is C11H16BrNO2. The maximum atomic E-state index is 5.76. The van der Waals surface area contributed by atoms with Gasteiger partial charge in [-0.15, -0.1) is 0 Å². The summed E-state index contributed by atoms with van der Waals surface area (Å²) in [7, 11) is 1.66. The van der Waals surface area contributed by atoms with Crippen molar-refractivity contribution in [2.45, 2.75) is 19.6 Å². The smallest absolute Gasteiger partial charge is 0.0784 e. The second-order valence-corrected chi connectivity index (χ2v) is 4.19. The number of hydrogen-bond acceptors (Lipinski definition) is 3. The van der Waals surface area contributed by atoms with Gasteiger partial charge in [-0.25, -0.2) is 0 Å². The van der Waals surface area contributed by atoms with E-state index in [9.17, 15) is 0 Å². The van der Waals surface area contributed by atoms with Crippen molar-refractivity contribution < 1.29 is 9.47 Å². The SMILES string of the molecule is COCC(C)OCc1cccc(N)c1Br. The lowest BCUT2D eigenvalue weighted by molar-refractivity contribution is -0.000308. The molecule has 0 aliphatic rings. The second kappa shape index (κ2) is 6.10. The molecule has 0 aliphatic heterocycles. The molecule has 1 rings (SSSR count). The van der Waals surface area contributed by atoms with E-state index in [2.05, 4.69) is 15.9 Å². The summed E-state index contributed by atoms with van der Waals surface area (Å²) in [4.78, 5) is 0. The zero-order valence-electron chi connectivity index (χ0n) is 9.00. The summed E-state index contributed by atoms with van der Waals surface area (Å²) in [5.41, 5.74) is 7.54. The number of methoxy groups -OCH3 is 1. The van der Waals surface area contributed by atoms with Crippen molar-refractivity contribution in [2.75, 3.05) is 19.5 Å². The zero-order chi connectivity index (χ0) is 11.3. The third kappa shape index (κ3) is 3.81. The first-order valence-electron chi connectivity index (χ1n) is 4.78. The largest absolute Gasteiger partial charge is 0.398 e. The number of hydrogen-bond donors (Lipinski definition) is 1. The molecule has 3 nitrogen and oxygen atoms in total. The molecule has 84 valence electrons. The number of benzene rings is 1. The van der Waals surface area contributed by atoms with E-state index in [4.69, 9.17) is 15.2 Å². The van der Waals surface area contributed by atoms with Gasteiger partial charge in [0.1, 0.15) is 0 Å². The van der Waals surface area contributed by atoms with E-state index in [1.165, 1.54) is 0 Å². The minimum absolute atomic E-state index is 0.0864. The molecule has 0 aliphatic carbocycles. The third-order valence-electron chi connectivity index (χ3n) is 2.03. The molecule has 0 spiro atoms. The Balaban J connectivity index is 2.54. The summed E-state index contributed by atoms with van der Waals surface area (Å²) in [6, 6.07) is 5.76. The Hall–Kier alpha value is -0.580. The molecule has 0 fully saturated rings. The van der Waals surface area contributed by atoms with Crippen LogP contribution in [0.5, 0.6) is 0 Å². The maximum Gasteiger partial charge on any atom is 0.0784 e. The number of nitrogens with two attached hydrogens (primary N) is 1. The second-order valence-electron chi connectivity index (χ2n) is 3.40. The molecule has 0 amide bonds. The van der Waals surface area contributed by atoms with Crippen LogP contribution in [-0.4, -0.2) is 19.8 Å². The van der Waals surface area contributed by atoms with Crippen LogP contribution in [0, 0.1) is 0 Å². The van der Waals surface area contributed by atoms with E-state index in [1.807, 2.05) is 25.1 Å². The van der Waals surface area contributed by atoms with Crippen LogP contribution in [0.3, 0.4) is 0 Å². The van der Waals surface area contributed by atoms with Crippen LogP contribution in [0.2, 0.25) is 0 Å². The number of halogens is 1. The first kappa shape index (κ1) is 12.5. The fourth-order valence-electron chi connectivity index (χ4n) is 1.23. The van der Waals surface area contributed by atoms with Crippen LogP contribution in [0.1, 0.15) is 12.5 Å². The van der Waals surface area contributed by atoms with Crippen molar-refractivity contribution in [3.05, 3.63) is 28.2 Å². The molecule has 0 bridgehead atoms. The Morgan fingerprint density at radius 3 is 2.87 bits per heavy atom. The molecule has 1 aromatic rings. The molecule has 15 heavy (non-hydrogen) atoms. The molecule has 1 aromatic carbocycles. The van der Waals surface area contributed by atoms with Gasteiger partial charge in [0.25, 0.3) is 0 Å². The van der Waals surface area contributed by atoms with Crippen LogP contribution in [-0.2, 0) is 16.1 Å². The number of ether oxygens (including phenoxy) is 2. The Bertz CT molecular complexity index is 317. The van der Waals surface area contributed by atoms with E-state index >= 15 is 0 Å². The lowest BCUT2D eigenvalue weighted by Gasteiger charge is -2.13. The quantitative estimate of drug-likeness (QED) is 0.839. The van der Waals surface area contributed by atoms with Gasteiger partial charge in [-0.2, -0.15) is 0 Å². The van der Waals surface area contributed by atoms with Crippen LogP contribution in [0.25, 0.3) is 0 Å². The van der Waals surface area contributed by atoms with Crippen molar-refractivity contribution in [3.8, 4) is 0 Å². The first-order chi connectivity index (χ1) is 7.15. The normalized spacial score (nSPS) is 12.7. The number of nitrogen functional groups attached to an aromatic ring is 1. The Morgan fingerprint density at radius 2 is 2.20 bits per heavy atom. The molecule has 0 aromatic heterocycles. The summed E-state index contributed by atoms with van der Waals surface area (Å²) >= 11 is 3.43. The highest BCUT2D eigenvalue weighted by Crippen LogP contribution is 2.24. The van der Waals surface area contributed by atoms with Crippen molar-refractivity contribution in [2.24, 2.45) is 0 Å². The third-order valence-corrected chi connectivity index (χ3v) is 3.00. The lowest BCUT2D eigenvalue weighted by Crippen LogP contribution is -2.14. The van der Waals surface area contributed by atoms with E-state index in [0.29, 0.717) is 13.2 Å². The van der Waals surface area contributed by atoms with Crippen molar-refractivity contribution in [1.29, 1.82) is 0 Å². The number of rotatable bonds is 5. The van der Waals surface area contributed by atoms with Gasteiger partial charge in [0.2, 0.25) is 0 Å². The minimum atomic E-state index is 0.0864. The van der Waals surface area contributed by atoms with Gasteiger partial charge >= 0.3 is 0 Å². The van der Waals surface area contributed by atoms with E-state index in [1.54, 1.807) is 7.11 Å². The maximum absolute atomic E-state index is 5.76. The molecule has 1 atom stereocenters. The van der Waals surface area contributed by atoms with Gasteiger partial charge in [0, 0.05) is 17.3 Å². The van der Waals surface area contributed by atoms with Crippen molar-refractivity contribution >= 4 is 21.6 Å². The van der Waals surface area contributed by atoms with Crippen LogP contribution < -0.4 is 5.73 Å². The van der Waals surface area contributed by atoms with E-state index in [-0.39, 0.29) is 6.10 Å². The van der Waals surface area contributed by atoms with E-state index < -0.39 is 0 Å². The molecule has 4 heteroatoms. The predicted octanol–water partition coefficient (Wildman–Crippen LogP) is 2.58. The Labute approximate surface area is 98.7 Å². The summed E-state index contributed by atoms with van der Waals surface area (Å²) in [6.07, 6.45) is 0.0864. The first-order valence-corrected chi connectivity index (χ1v) is 5.58. The molecule has 1 unspecified atom stereocenters. The Kier molecular flexibility index (Phi) is 5.08. The molecule has 0 heterocycles. The summed E-state index contributed by atoms with van der Waals surface area (Å²) in [5.74, 6) is 0. The average Bonchev–Trinajstić information content (AvgIpc) is 2.21. The van der Waals surface area contributed by atoms with Crippen LogP contribution in [0.4, 0.5) is 5.69 Å². The highest BCUT2D eigenvalue weighted by atomic mass is 79.9. The standard InChI is InChI=1S/C11H16BrNO2/c1-8(6-14-2)15-7-9-4-3-5-10(13)11(9)12/h3-5,8H,6-7,13H2,1-2H3. The highest BCUT2D eigenvalue weighted by molar-refractivity contribution is 9.10. The van der Waals surface area contributed by atoms with Crippen LogP contribution >= 0.6 is 15.9 Å². The molecular weight excluding hydrogens is 258 g/mol. The van der Waals surface area contributed by atoms with Gasteiger partial charge < -0.3 is 15.2 Å². The minimum Gasteiger partial charge on any atom is -0.398 e. The van der Waals surface area contributed by atoms with Crippen molar-refractivity contribution in [1.82, 2.24) is 0 Å². The monoisotopic (exact) mass is 273 g/mol. The number of anilines is 1. The fourth-order valence-corrected chi connectivity index (χ4v) is 1.60. The highest BCUT2D eigenvalue weighted by Gasteiger charge is 2.06. The zero-order valence-corrected chi connectivity index (χ0v) is 10.6. The summed E-state index contributed by atoms with van der Waals surface area (Å²) < 4.78 is 11.5. The van der Waals surface area contributed by atoms with Crippen molar-refractivity contribution in [3.63, 3.8) is 0 Å². The Morgan fingerprint density at radius 1 is 1.47 bits per heavy atom. The molecule has 2 N–H and O–H groups in total. The summed E-state index contributed by atoms with van der Waals surface area (Å²) in [6.45, 7) is 3.11. The topological polar surface area (TPSA) is 44.5 Å². The van der Waals surface area contributed by atoms with Gasteiger partial charge in [-0.05, 0) is 34.5 Å². The van der Waals surface area contributed by atoms with Gasteiger partial charge in [-0.1, -0.05) is 12.1 Å².